The van der Waals surface area contributed by atoms with Crippen molar-refractivity contribution in [1.82, 2.24) is 4.98 Å². The van der Waals surface area contributed by atoms with E-state index >= 15 is 0 Å². The number of carbonyl (C=O) groups is 1. The molecule has 4 nitrogen and oxygen atoms in total. The van der Waals surface area contributed by atoms with Crippen LogP contribution >= 0.6 is 11.6 Å². The molecule has 2 heterocycles. The highest BCUT2D eigenvalue weighted by Gasteiger charge is 2.20. The quantitative estimate of drug-likeness (QED) is 0.775. The first-order valence-electron chi connectivity index (χ1n) is 5.15. The van der Waals surface area contributed by atoms with Gasteiger partial charge in [-0.1, -0.05) is 11.6 Å². The SMILES string of the molecule is O=C1CC=NN1c1ccnc2cc(Cl)ccc12. The zero-order valence-electron chi connectivity index (χ0n) is 8.80. The molecule has 1 aliphatic heterocycles. The normalized spacial score (nSPS) is 14.9. The number of benzene rings is 1. The van der Waals surface area contributed by atoms with Crippen molar-refractivity contribution in [2.45, 2.75) is 6.42 Å². The number of anilines is 1. The van der Waals surface area contributed by atoms with Crippen molar-refractivity contribution in [2.75, 3.05) is 5.01 Å². The van der Waals surface area contributed by atoms with Crippen LogP contribution in [0.1, 0.15) is 6.42 Å². The molecule has 0 N–H and O–H groups in total. The van der Waals surface area contributed by atoms with E-state index in [1.165, 1.54) is 5.01 Å². The third-order valence-corrected chi connectivity index (χ3v) is 2.84. The molecule has 1 amide bonds. The van der Waals surface area contributed by atoms with Crippen LogP contribution < -0.4 is 5.01 Å². The third-order valence-electron chi connectivity index (χ3n) is 2.61. The third kappa shape index (κ3) is 1.66. The Labute approximate surface area is 103 Å². The van der Waals surface area contributed by atoms with Crippen LogP contribution in [0.3, 0.4) is 0 Å². The van der Waals surface area contributed by atoms with Crippen LogP contribution in [-0.4, -0.2) is 17.1 Å². The minimum atomic E-state index is -0.0348. The lowest BCUT2D eigenvalue weighted by Gasteiger charge is -2.14. The first-order chi connectivity index (χ1) is 8.25. The van der Waals surface area contributed by atoms with Crippen molar-refractivity contribution in [2.24, 2.45) is 5.10 Å². The molecule has 3 rings (SSSR count). The maximum atomic E-state index is 11.6. The number of carbonyl (C=O) groups excluding carboxylic acids is 1. The monoisotopic (exact) mass is 245 g/mol. The summed E-state index contributed by atoms with van der Waals surface area (Å²) in [5.41, 5.74) is 1.50. The van der Waals surface area contributed by atoms with Gasteiger partial charge in [-0.15, -0.1) is 0 Å². The number of nitrogens with zero attached hydrogens (tertiary/aromatic N) is 3. The number of pyridine rings is 1. The van der Waals surface area contributed by atoms with E-state index in [0.29, 0.717) is 11.4 Å². The predicted molar refractivity (Wildman–Crippen MR) is 67.3 cm³/mol. The largest absolute Gasteiger partial charge is 0.272 e. The van der Waals surface area contributed by atoms with Gasteiger partial charge >= 0.3 is 0 Å². The number of hydrogen-bond acceptors (Lipinski definition) is 3. The number of amides is 1. The Hall–Kier alpha value is -1.94. The molecule has 0 aliphatic carbocycles. The molecular weight excluding hydrogens is 238 g/mol. The van der Waals surface area contributed by atoms with Gasteiger partial charge in [0.2, 0.25) is 0 Å². The minimum Gasteiger partial charge on any atom is -0.272 e. The lowest BCUT2D eigenvalue weighted by molar-refractivity contribution is -0.116. The lowest BCUT2D eigenvalue weighted by Crippen LogP contribution is -2.19. The molecule has 0 bridgehead atoms. The van der Waals surface area contributed by atoms with E-state index in [9.17, 15) is 4.79 Å². The highest BCUT2D eigenvalue weighted by atomic mass is 35.5. The molecular formula is C12H8ClN3O. The van der Waals surface area contributed by atoms with E-state index in [-0.39, 0.29) is 5.91 Å². The predicted octanol–water partition coefficient (Wildman–Crippen LogP) is 2.61. The highest BCUT2D eigenvalue weighted by Crippen LogP contribution is 2.28. The molecule has 84 valence electrons. The van der Waals surface area contributed by atoms with E-state index < -0.39 is 0 Å². The van der Waals surface area contributed by atoms with E-state index in [4.69, 9.17) is 11.6 Å². The standard InChI is InChI=1S/C12H8ClN3O/c13-8-1-2-9-10(7-8)14-5-3-11(9)16-12(17)4-6-15-16/h1-3,5-7H,4H2. The number of halogens is 1. The molecule has 0 fully saturated rings. The Morgan fingerprint density at radius 2 is 2.18 bits per heavy atom. The summed E-state index contributed by atoms with van der Waals surface area (Å²) < 4.78 is 0. The summed E-state index contributed by atoms with van der Waals surface area (Å²) in [5.74, 6) is -0.0348. The molecule has 5 heteroatoms. The van der Waals surface area contributed by atoms with E-state index in [1.807, 2.05) is 6.07 Å². The fourth-order valence-electron chi connectivity index (χ4n) is 1.84. The zero-order valence-corrected chi connectivity index (χ0v) is 9.55. The van der Waals surface area contributed by atoms with Crippen molar-refractivity contribution in [3.8, 4) is 0 Å². The molecule has 1 aromatic heterocycles. The maximum Gasteiger partial charge on any atom is 0.252 e. The smallest absolute Gasteiger partial charge is 0.252 e. The summed E-state index contributed by atoms with van der Waals surface area (Å²) >= 11 is 5.91. The van der Waals surface area contributed by atoms with E-state index in [0.717, 1.165) is 16.6 Å². The van der Waals surface area contributed by atoms with Gasteiger partial charge in [-0.2, -0.15) is 5.10 Å². The van der Waals surface area contributed by atoms with Crippen LogP contribution in [0.4, 0.5) is 5.69 Å². The number of rotatable bonds is 1. The summed E-state index contributed by atoms with van der Waals surface area (Å²) in [5, 5.41) is 6.95. The summed E-state index contributed by atoms with van der Waals surface area (Å²) in [6, 6.07) is 7.17. The summed E-state index contributed by atoms with van der Waals surface area (Å²) in [4.78, 5) is 15.9. The molecule has 0 spiro atoms. The van der Waals surface area contributed by atoms with Gasteiger partial charge in [-0.25, -0.2) is 5.01 Å². The fraction of sp³-hybridized carbons (Fsp3) is 0.0833. The van der Waals surface area contributed by atoms with Gasteiger partial charge in [0.1, 0.15) is 0 Å². The van der Waals surface area contributed by atoms with Gasteiger partial charge in [0, 0.05) is 22.8 Å². The van der Waals surface area contributed by atoms with Gasteiger partial charge in [0.05, 0.1) is 17.6 Å². The van der Waals surface area contributed by atoms with Gasteiger partial charge in [-0.3, -0.25) is 9.78 Å². The Balaban J connectivity index is 2.23. The number of hydrogen-bond donors (Lipinski definition) is 0. The number of fused-ring (bicyclic) bond motifs is 1. The van der Waals surface area contributed by atoms with Crippen LogP contribution in [0.15, 0.2) is 35.6 Å². The maximum absolute atomic E-state index is 11.6. The molecule has 2 aromatic rings. The molecule has 0 unspecified atom stereocenters. The number of aromatic nitrogens is 1. The van der Waals surface area contributed by atoms with Crippen LogP contribution in [0, 0.1) is 0 Å². The van der Waals surface area contributed by atoms with Crippen molar-refractivity contribution in [3.05, 3.63) is 35.5 Å². The van der Waals surface area contributed by atoms with Gasteiger partial charge in [-0.05, 0) is 24.3 Å². The Morgan fingerprint density at radius 1 is 1.29 bits per heavy atom. The molecule has 17 heavy (non-hydrogen) atoms. The van der Waals surface area contributed by atoms with Crippen molar-refractivity contribution >= 4 is 40.3 Å². The summed E-state index contributed by atoms with van der Waals surface area (Å²) in [6.45, 7) is 0. The Bertz CT molecular complexity index is 639. The summed E-state index contributed by atoms with van der Waals surface area (Å²) in [6.07, 6.45) is 3.59. The lowest BCUT2D eigenvalue weighted by atomic mass is 10.2. The Kier molecular flexibility index (Phi) is 2.30. The fourth-order valence-corrected chi connectivity index (χ4v) is 2.01. The zero-order chi connectivity index (χ0) is 11.8. The first-order valence-corrected chi connectivity index (χ1v) is 5.53. The average molecular weight is 246 g/mol. The van der Waals surface area contributed by atoms with Crippen LogP contribution in [0.25, 0.3) is 10.9 Å². The second kappa shape index (κ2) is 3.82. The Morgan fingerprint density at radius 3 is 2.94 bits per heavy atom. The molecule has 1 aromatic carbocycles. The molecule has 1 aliphatic rings. The number of hydrazone groups is 1. The second-order valence-corrected chi connectivity index (χ2v) is 4.14. The molecule has 0 saturated heterocycles. The van der Waals surface area contributed by atoms with E-state index in [1.54, 1.807) is 30.6 Å². The molecule has 0 radical (unpaired) electrons. The second-order valence-electron chi connectivity index (χ2n) is 3.70. The van der Waals surface area contributed by atoms with Crippen molar-refractivity contribution < 1.29 is 4.79 Å². The highest BCUT2D eigenvalue weighted by molar-refractivity contribution is 6.31. The van der Waals surface area contributed by atoms with Crippen LogP contribution in [0.5, 0.6) is 0 Å². The average Bonchev–Trinajstić information content (AvgIpc) is 2.74. The first kappa shape index (κ1) is 10.2. The van der Waals surface area contributed by atoms with Crippen molar-refractivity contribution in [3.63, 3.8) is 0 Å². The van der Waals surface area contributed by atoms with Gasteiger partial charge in [0.15, 0.2) is 0 Å². The van der Waals surface area contributed by atoms with Crippen LogP contribution in [0.2, 0.25) is 5.02 Å². The van der Waals surface area contributed by atoms with Gasteiger partial charge in [0.25, 0.3) is 5.91 Å². The van der Waals surface area contributed by atoms with Crippen molar-refractivity contribution in [1.29, 1.82) is 0 Å². The van der Waals surface area contributed by atoms with Gasteiger partial charge < -0.3 is 0 Å². The topological polar surface area (TPSA) is 45.6 Å². The minimum absolute atomic E-state index is 0.0348. The molecule has 0 atom stereocenters. The molecule has 0 saturated carbocycles. The summed E-state index contributed by atoms with van der Waals surface area (Å²) in [7, 11) is 0. The van der Waals surface area contributed by atoms with Crippen LogP contribution in [-0.2, 0) is 4.79 Å². The van der Waals surface area contributed by atoms with E-state index in [2.05, 4.69) is 10.1 Å².